The van der Waals surface area contributed by atoms with Crippen LogP contribution in [0, 0.1) is 12.8 Å². The lowest BCUT2D eigenvalue weighted by Gasteiger charge is -2.30. The Bertz CT molecular complexity index is 689. The van der Waals surface area contributed by atoms with Gasteiger partial charge in [-0.25, -0.2) is 4.98 Å². The van der Waals surface area contributed by atoms with E-state index in [4.69, 9.17) is 0 Å². The Morgan fingerprint density at radius 1 is 1.12 bits per heavy atom. The van der Waals surface area contributed by atoms with Crippen LogP contribution in [0.5, 0.6) is 0 Å². The number of hydrogen-bond acceptors (Lipinski definition) is 4. The summed E-state index contributed by atoms with van der Waals surface area (Å²) >= 11 is 0. The number of carbonyl (C=O) groups excluding carboxylic acids is 1. The van der Waals surface area contributed by atoms with Crippen LogP contribution in [-0.4, -0.2) is 33.9 Å². The lowest BCUT2D eigenvalue weighted by atomic mass is 9.99. The minimum atomic E-state index is -0.195. The molecule has 1 aliphatic heterocycles. The van der Waals surface area contributed by atoms with Gasteiger partial charge in [0.05, 0.1) is 11.9 Å². The van der Waals surface area contributed by atoms with Crippen LogP contribution in [0.1, 0.15) is 47.1 Å². The van der Waals surface area contributed by atoms with E-state index in [1.54, 1.807) is 6.20 Å². The van der Waals surface area contributed by atoms with Crippen molar-refractivity contribution in [2.24, 2.45) is 5.92 Å². The average Bonchev–Trinajstić information content (AvgIpc) is 2.63. The molecule has 1 aliphatic rings. The Labute approximate surface area is 149 Å². The van der Waals surface area contributed by atoms with Crippen molar-refractivity contribution in [3.63, 3.8) is 0 Å². The average molecular weight is 338 g/mol. The summed E-state index contributed by atoms with van der Waals surface area (Å²) in [5, 5.41) is 2.89. The molecule has 1 fully saturated rings. The van der Waals surface area contributed by atoms with Crippen molar-refractivity contribution in [3.05, 3.63) is 59.2 Å². The summed E-state index contributed by atoms with van der Waals surface area (Å²) < 4.78 is 0. The van der Waals surface area contributed by atoms with E-state index in [1.165, 1.54) is 37.7 Å². The number of amides is 1. The van der Waals surface area contributed by atoms with Crippen molar-refractivity contribution in [1.29, 1.82) is 0 Å². The van der Waals surface area contributed by atoms with Gasteiger partial charge in [0.1, 0.15) is 5.69 Å². The van der Waals surface area contributed by atoms with Crippen LogP contribution in [0.4, 0.5) is 0 Å². The van der Waals surface area contributed by atoms with Crippen molar-refractivity contribution in [3.8, 4) is 0 Å². The maximum absolute atomic E-state index is 12.1. The standard InChI is InChI=1S/C20H26N4O/c1-15-7-9-24(10-8-15)14-18-5-3-17(4-6-18)12-23-20(25)19-13-21-16(2)11-22-19/h3-6,11,13,15H,7-10,12,14H2,1-2H3,(H,23,25). The van der Waals surface area contributed by atoms with Crippen molar-refractivity contribution >= 4 is 5.91 Å². The highest BCUT2D eigenvalue weighted by atomic mass is 16.1. The van der Waals surface area contributed by atoms with E-state index < -0.39 is 0 Å². The van der Waals surface area contributed by atoms with Crippen LogP contribution in [0.3, 0.4) is 0 Å². The molecule has 5 heteroatoms. The summed E-state index contributed by atoms with van der Waals surface area (Å²) in [6, 6.07) is 8.49. The third-order valence-electron chi connectivity index (χ3n) is 4.77. The highest BCUT2D eigenvalue weighted by molar-refractivity contribution is 5.91. The molecule has 132 valence electrons. The molecular weight excluding hydrogens is 312 g/mol. The Kier molecular flexibility index (Phi) is 5.76. The van der Waals surface area contributed by atoms with E-state index in [0.717, 1.165) is 23.7 Å². The molecule has 5 nitrogen and oxygen atoms in total. The van der Waals surface area contributed by atoms with Gasteiger partial charge in [0, 0.05) is 19.3 Å². The number of likely N-dealkylation sites (tertiary alicyclic amines) is 1. The smallest absolute Gasteiger partial charge is 0.271 e. The number of carbonyl (C=O) groups is 1. The predicted molar refractivity (Wildman–Crippen MR) is 98.1 cm³/mol. The molecule has 1 N–H and O–H groups in total. The second-order valence-corrected chi connectivity index (χ2v) is 7.00. The SMILES string of the molecule is Cc1cnc(C(=O)NCc2ccc(CN3CCC(C)CC3)cc2)cn1. The van der Waals surface area contributed by atoms with Crippen LogP contribution in [0.2, 0.25) is 0 Å². The third kappa shape index (κ3) is 5.10. The van der Waals surface area contributed by atoms with E-state index in [-0.39, 0.29) is 5.91 Å². The fourth-order valence-corrected chi connectivity index (χ4v) is 3.02. The second-order valence-electron chi connectivity index (χ2n) is 7.00. The van der Waals surface area contributed by atoms with Gasteiger partial charge in [-0.3, -0.25) is 14.7 Å². The first-order chi connectivity index (χ1) is 12.1. The Balaban J connectivity index is 1.49. The van der Waals surface area contributed by atoms with E-state index in [1.807, 2.05) is 6.92 Å². The van der Waals surface area contributed by atoms with E-state index >= 15 is 0 Å². The van der Waals surface area contributed by atoms with Crippen molar-refractivity contribution < 1.29 is 4.79 Å². The molecule has 0 radical (unpaired) electrons. The Hall–Kier alpha value is -2.27. The number of benzene rings is 1. The fraction of sp³-hybridized carbons (Fsp3) is 0.450. The fourth-order valence-electron chi connectivity index (χ4n) is 3.02. The molecule has 2 heterocycles. The molecule has 1 aromatic heterocycles. The largest absolute Gasteiger partial charge is 0.347 e. The third-order valence-corrected chi connectivity index (χ3v) is 4.77. The summed E-state index contributed by atoms with van der Waals surface area (Å²) in [4.78, 5) is 22.8. The maximum Gasteiger partial charge on any atom is 0.271 e. The van der Waals surface area contributed by atoms with Crippen molar-refractivity contribution in [1.82, 2.24) is 20.2 Å². The number of hydrogen-bond donors (Lipinski definition) is 1. The quantitative estimate of drug-likeness (QED) is 0.911. The second kappa shape index (κ2) is 8.21. The number of rotatable bonds is 5. The zero-order chi connectivity index (χ0) is 17.6. The Morgan fingerprint density at radius 2 is 1.80 bits per heavy atom. The number of piperidine rings is 1. The van der Waals surface area contributed by atoms with E-state index in [0.29, 0.717) is 12.2 Å². The molecule has 0 spiro atoms. The van der Waals surface area contributed by atoms with Gasteiger partial charge in [0.25, 0.3) is 5.91 Å². The number of aromatic nitrogens is 2. The first kappa shape index (κ1) is 17.5. The van der Waals surface area contributed by atoms with Gasteiger partial charge in [0.2, 0.25) is 0 Å². The van der Waals surface area contributed by atoms with E-state index in [9.17, 15) is 4.79 Å². The minimum Gasteiger partial charge on any atom is -0.347 e. The van der Waals surface area contributed by atoms with Gasteiger partial charge in [-0.05, 0) is 49.9 Å². The first-order valence-corrected chi connectivity index (χ1v) is 8.97. The van der Waals surface area contributed by atoms with Gasteiger partial charge < -0.3 is 5.32 Å². The molecule has 0 unspecified atom stereocenters. The molecule has 2 aromatic rings. The molecule has 1 amide bonds. The van der Waals surface area contributed by atoms with Crippen LogP contribution in [0.25, 0.3) is 0 Å². The van der Waals surface area contributed by atoms with Gasteiger partial charge in [-0.2, -0.15) is 0 Å². The normalized spacial score (nSPS) is 15.9. The summed E-state index contributed by atoms with van der Waals surface area (Å²) in [5.74, 6) is 0.666. The van der Waals surface area contributed by atoms with Crippen molar-refractivity contribution in [2.75, 3.05) is 13.1 Å². The first-order valence-electron chi connectivity index (χ1n) is 8.97. The van der Waals surface area contributed by atoms with E-state index in [2.05, 4.69) is 51.4 Å². The Morgan fingerprint density at radius 3 is 2.44 bits per heavy atom. The summed E-state index contributed by atoms with van der Waals surface area (Å²) in [7, 11) is 0. The molecular formula is C20H26N4O. The van der Waals surface area contributed by atoms with Gasteiger partial charge in [-0.1, -0.05) is 31.2 Å². The summed E-state index contributed by atoms with van der Waals surface area (Å²) in [6.07, 6.45) is 5.70. The van der Waals surface area contributed by atoms with Crippen LogP contribution in [0.15, 0.2) is 36.7 Å². The topological polar surface area (TPSA) is 58.1 Å². The highest BCUT2D eigenvalue weighted by Crippen LogP contribution is 2.18. The monoisotopic (exact) mass is 338 g/mol. The summed E-state index contributed by atoms with van der Waals surface area (Å²) in [5.41, 5.74) is 3.57. The number of nitrogens with zero attached hydrogens (tertiary/aromatic N) is 3. The van der Waals surface area contributed by atoms with Crippen LogP contribution in [-0.2, 0) is 13.1 Å². The molecule has 0 aliphatic carbocycles. The zero-order valence-corrected chi connectivity index (χ0v) is 15.0. The molecule has 0 saturated carbocycles. The van der Waals surface area contributed by atoms with Crippen LogP contribution >= 0.6 is 0 Å². The zero-order valence-electron chi connectivity index (χ0n) is 15.0. The molecule has 0 bridgehead atoms. The molecule has 3 rings (SSSR count). The lowest BCUT2D eigenvalue weighted by molar-refractivity contribution is 0.0945. The highest BCUT2D eigenvalue weighted by Gasteiger charge is 2.15. The molecule has 25 heavy (non-hydrogen) atoms. The number of aryl methyl sites for hydroxylation is 1. The number of nitrogens with one attached hydrogen (secondary N) is 1. The summed E-state index contributed by atoms with van der Waals surface area (Å²) in [6.45, 7) is 8.07. The maximum atomic E-state index is 12.1. The van der Waals surface area contributed by atoms with Crippen molar-refractivity contribution in [2.45, 2.75) is 39.8 Å². The lowest BCUT2D eigenvalue weighted by Crippen LogP contribution is -2.32. The van der Waals surface area contributed by atoms with Gasteiger partial charge in [0.15, 0.2) is 0 Å². The van der Waals surface area contributed by atoms with Crippen LogP contribution < -0.4 is 5.32 Å². The molecule has 0 atom stereocenters. The molecule has 1 saturated heterocycles. The van der Waals surface area contributed by atoms with Gasteiger partial charge >= 0.3 is 0 Å². The van der Waals surface area contributed by atoms with Gasteiger partial charge in [-0.15, -0.1) is 0 Å². The predicted octanol–water partition coefficient (Wildman–Crippen LogP) is 2.95. The minimum absolute atomic E-state index is 0.195. The molecule has 1 aromatic carbocycles.